The number of rotatable bonds is 6. The number of aromatic amines is 1. The summed E-state index contributed by atoms with van der Waals surface area (Å²) in [6, 6.07) is 0. The molecule has 124 valence electrons. The number of H-pyrrole nitrogens is 1. The number of hydrogen-bond donors (Lipinski definition) is 3. The average molecular weight is 316 g/mol. The molecular formula is C18H24N2O3. The van der Waals surface area contributed by atoms with Crippen molar-refractivity contribution in [1.29, 1.82) is 0 Å². The summed E-state index contributed by atoms with van der Waals surface area (Å²) in [6.45, 7) is 7.96. The highest BCUT2D eigenvalue weighted by Gasteiger charge is 2.25. The van der Waals surface area contributed by atoms with Crippen LogP contribution in [-0.2, 0) is 17.6 Å². The maximum atomic E-state index is 12.1. The smallest absolute Gasteiger partial charge is 0.352 e. The van der Waals surface area contributed by atoms with Crippen LogP contribution in [0.5, 0.6) is 0 Å². The molecule has 0 unspecified atom stereocenters. The molecule has 0 aliphatic carbocycles. The lowest BCUT2D eigenvalue weighted by molar-refractivity contribution is -0.116. The second-order valence-electron chi connectivity index (χ2n) is 5.56. The first kappa shape index (κ1) is 17.1. The van der Waals surface area contributed by atoms with E-state index in [4.69, 9.17) is 0 Å². The summed E-state index contributed by atoms with van der Waals surface area (Å²) in [7, 11) is 0. The molecule has 0 atom stereocenters. The van der Waals surface area contributed by atoms with Gasteiger partial charge in [-0.15, -0.1) is 0 Å². The van der Waals surface area contributed by atoms with Gasteiger partial charge < -0.3 is 15.4 Å². The van der Waals surface area contributed by atoms with Crippen molar-refractivity contribution < 1.29 is 14.7 Å². The van der Waals surface area contributed by atoms with Gasteiger partial charge in [0, 0.05) is 17.0 Å². The van der Waals surface area contributed by atoms with E-state index < -0.39 is 5.97 Å². The van der Waals surface area contributed by atoms with Crippen molar-refractivity contribution >= 4 is 18.0 Å². The number of nitrogens with one attached hydrogen (secondary N) is 2. The summed E-state index contributed by atoms with van der Waals surface area (Å²) < 4.78 is 0. The van der Waals surface area contributed by atoms with Crippen molar-refractivity contribution in [2.45, 2.75) is 53.4 Å². The maximum Gasteiger partial charge on any atom is 0.352 e. The Morgan fingerprint density at radius 1 is 1.00 bits per heavy atom. The monoisotopic (exact) mass is 316 g/mol. The first-order chi connectivity index (χ1) is 11.0. The Bertz CT molecular complexity index is 708. The number of carbonyl (C=O) groups excluding carboxylic acids is 1. The molecule has 5 nitrogen and oxygen atoms in total. The van der Waals surface area contributed by atoms with Gasteiger partial charge in [0.25, 0.3) is 5.91 Å². The van der Waals surface area contributed by atoms with Crippen molar-refractivity contribution in [3.05, 3.63) is 39.4 Å². The minimum absolute atomic E-state index is 0.0469. The number of carbonyl (C=O) groups is 2. The topological polar surface area (TPSA) is 82.2 Å². The standard InChI is InChI=1S/C18H24N2O3/c1-5-10-12(7-3)16(18(22)23)19-14(10)9-15-11(6-2)13(8-4)17(21)20-15/h9,19H,5-8H2,1-4H3,(H,20,21)(H,22,23)/b15-9-. The van der Waals surface area contributed by atoms with Crippen LogP contribution < -0.4 is 5.32 Å². The fourth-order valence-corrected chi connectivity index (χ4v) is 3.32. The van der Waals surface area contributed by atoms with E-state index in [0.717, 1.165) is 46.5 Å². The second-order valence-corrected chi connectivity index (χ2v) is 5.56. The minimum atomic E-state index is -0.947. The van der Waals surface area contributed by atoms with Crippen LogP contribution in [0.3, 0.4) is 0 Å². The molecule has 0 saturated carbocycles. The molecule has 0 fully saturated rings. The molecule has 0 radical (unpaired) electrons. The molecule has 2 rings (SSSR count). The third-order valence-electron chi connectivity index (χ3n) is 4.38. The van der Waals surface area contributed by atoms with Gasteiger partial charge in [0.15, 0.2) is 0 Å². The summed E-state index contributed by atoms with van der Waals surface area (Å²) >= 11 is 0. The van der Waals surface area contributed by atoms with Gasteiger partial charge in [0.2, 0.25) is 0 Å². The molecule has 3 N–H and O–H groups in total. The SMILES string of the molecule is CCC1=C(CC)/C(=C/c2[nH]c(C(=O)O)c(CC)c2CC)NC1=O. The summed E-state index contributed by atoms with van der Waals surface area (Å²) in [5.41, 5.74) is 5.49. The Hall–Kier alpha value is -2.30. The van der Waals surface area contributed by atoms with Crippen LogP contribution in [-0.4, -0.2) is 22.0 Å². The van der Waals surface area contributed by atoms with E-state index in [0.29, 0.717) is 12.8 Å². The highest BCUT2D eigenvalue weighted by atomic mass is 16.4. The molecular weight excluding hydrogens is 292 g/mol. The predicted molar refractivity (Wildman–Crippen MR) is 90.2 cm³/mol. The lowest BCUT2D eigenvalue weighted by Gasteiger charge is -2.05. The Morgan fingerprint density at radius 3 is 2.09 bits per heavy atom. The fourth-order valence-electron chi connectivity index (χ4n) is 3.32. The van der Waals surface area contributed by atoms with Crippen LogP contribution in [0.1, 0.15) is 67.8 Å². The van der Waals surface area contributed by atoms with Crippen molar-refractivity contribution in [3.63, 3.8) is 0 Å². The number of carboxylic acid groups (broad SMARTS) is 1. The van der Waals surface area contributed by atoms with Crippen molar-refractivity contribution in [2.24, 2.45) is 0 Å². The van der Waals surface area contributed by atoms with Gasteiger partial charge in [0.1, 0.15) is 5.69 Å². The highest BCUT2D eigenvalue weighted by molar-refractivity contribution is 6.01. The number of carboxylic acids is 1. The largest absolute Gasteiger partial charge is 0.477 e. The van der Waals surface area contributed by atoms with Crippen LogP contribution in [0.4, 0.5) is 0 Å². The molecule has 1 aromatic heterocycles. The van der Waals surface area contributed by atoms with Gasteiger partial charge >= 0.3 is 5.97 Å². The Kier molecular flexibility index (Phi) is 5.08. The lowest BCUT2D eigenvalue weighted by atomic mass is 10.0. The molecule has 0 spiro atoms. The predicted octanol–water partition coefficient (Wildman–Crippen LogP) is 3.43. The molecule has 23 heavy (non-hydrogen) atoms. The van der Waals surface area contributed by atoms with E-state index in [9.17, 15) is 14.7 Å². The van der Waals surface area contributed by atoms with E-state index in [-0.39, 0.29) is 11.6 Å². The lowest BCUT2D eigenvalue weighted by Crippen LogP contribution is -2.16. The summed E-state index contributed by atoms with van der Waals surface area (Å²) in [5.74, 6) is -0.994. The van der Waals surface area contributed by atoms with Crippen LogP contribution in [0.15, 0.2) is 16.8 Å². The van der Waals surface area contributed by atoms with Gasteiger partial charge in [-0.3, -0.25) is 4.79 Å². The van der Waals surface area contributed by atoms with Crippen LogP contribution in [0.25, 0.3) is 6.08 Å². The third-order valence-corrected chi connectivity index (χ3v) is 4.38. The second kappa shape index (κ2) is 6.86. The van der Waals surface area contributed by atoms with E-state index >= 15 is 0 Å². The zero-order valence-electron chi connectivity index (χ0n) is 14.2. The van der Waals surface area contributed by atoms with Crippen LogP contribution >= 0.6 is 0 Å². The molecule has 1 aliphatic heterocycles. The highest BCUT2D eigenvalue weighted by Crippen LogP contribution is 2.29. The average Bonchev–Trinajstić information content (AvgIpc) is 3.03. The molecule has 1 aliphatic rings. The van der Waals surface area contributed by atoms with E-state index in [1.54, 1.807) is 0 Å². The Balaban J connectivity index is 2.58. The van der Waals surface area contributed by atoms with Crippen molar-refractivity contribution in [2.75, 3.05) is 0 Å². The van der Waals surface area contributed by atoms with Crippen molar-refractivity contribution in [3.8, 4) is 0 Å². The third kappa shape index (κ3) is 2.96. The molecule has 5 heteroatoms. The van der Waals surface area contributed by atoms with Gasteiger partial charge in [-0.2, -0.15) is 0 Å². The van der Waals surface area contributed by atoms with Crippen molar-refractivity contribution in [1.82, 2.24) is 10.3 Å². The maximum absolute atomic E-state index is 12.1. The Labute approximate surface area is 136 Å². The summed E-state index contributed by atoms with van der Waals surface area (Å²) in [4.78, 5) is 26.5. The quantitative estimate of drug-likeness (QED) is 0.752. The van der Waals surface area contributed by atoms with Gasteiger partial charge in [-0.1, -0.05) is 27.7 Å². The van der Waals surface area contributed by atoms with Crippen LogP contribution in [0, 0.1) is 0 Å². The normalized spacial score (nSPS) is 16.3. The summed E-state index contributed by atoms with van der Waals surface area (Å²) in [5, 5.41) is 12.3. The number of allylic oxidation sites excluding steroid dienone is 1. The zero-order valence-corrected chi connectivity index (χ0v) is 14.2. The number of aromatic carboxylic acids is 1. The zero-order chi connectivity index (χ0) is 17.1. The minimum Gasteiger partial charge on any atom is -0.477 e. The Morgan fingerprint density at radius 2 is 1.61 bits per heavy atom. The first-order valence-electron chi connectivity index (χ1n) is 8.20. The molecule has 1 amide bonds. The number of aromatic nitrogens is 1. The van der Waals surface area contributed by atoms with Gasteiger partial charge in [0.05, 0.1) is 0 Å². The summed E-state index contributed by atoms with van der Waals surface area (Å²) in [6.07, 6.45) is 4.74. The fraction of sp³-hybridized carbons (Fsp3) is 0.444. The van der Waals surface area contributed by atoms with E-state index in [1.165, 1.54) is 0 Å². The molecule has 0 saturated heterocycles. The van der Waals surface area contributed by atoms with Gasteiger partial charge in [-0.25, -0.2) is 4.79 Å². The number of amides is 1. The molecule has 2 heterocycles. The van der Waals surface area contributed by atoms with E-state index in [1.807, 2.05) is 33.8 Å². The first-order valence-corrected chi connectivity index (χ1v) is 8.20. The molecule has 1 aromatic rings. The van der Waals surface area contributed by atoms with E-state index in [2.05, 4.69) is 10.3 Å². The molecule has 0 aromatic carbocycles. The van der Waals surface area contributed by atoms with Gasteiger partial charge in [-0.05, 0) is 48.5 Å². The van der Waals surface area contributed by atoms with Crippen LogP contribution in [0.2, 0.25) is 0 Å². The number of hydrogen-bond acceptors (Lipinski definition) is 2. The molecule has 0 bridgehead atoms.